The summed E-state index contributed by atoms with van der Waals surface area (Å²) in [5.41, 5.74) is 0.0589. The van der Waals surface area contributed by atoms with E-state index in [2.05, 4.69) is 0 Å². The number of carbonyl (C=O) groups is 4. The Hall–Kier alpha value is -3.48. The fourth-order valence-corrected chi connectivity index (χ4v) is 5.89. The van der Waals surface area contributed by atoms with Crippen LogP contribution in [0.15, 0.2) is 54.6 Å². The van der Waals surface area contributed by atoms with E-state index >= 15 is 0 Å². The molecule has 202 valence electrons. The fraction of sp³-hybridized carbons (Fsp3) is 0.484. The van der Waals surface area contributed by atoms with Gasteiger partial charge in [0.1, 0.15) is 5.60 Å². The second-order valence-electron chi connectivity index (χ2n) is 11.9. The molecule has 0 bridgehead atoms. The maximum absolute atomic E-state index is 14.2. The molecule has 2 aromatic rings. The van der Waals surface area contributed by atoms with E-state index in [0.717, 1.165) is 5.56 Å². The third-order valence-electron chi connectivity index (χ3n) is 7.41. The minimum atomic E-state index is -0.968. The van der Waals surface area contributed by atoms with Gasteiger partial charge >= 0.3 is 5.97 Å². The fourth-order valence-electron chi connectivity index (χ4n) is 5.89. The van der Waals surface area contributed by atoms with Crippen LogP contribution in [0.3, 0.4) is 0 Å². The van der Waals surface area contributed by atoms with Crippen molar-refractivity contribution >= 4 is 23.7 Å². The summed E-state index contributed by atoms with van der Waals surface area (Å²) in [7, 11) is 0. The summed E-state index contributed by atoms with van der Waals surface area (Å²) >= 11 is 0. The smallest absolute Gasteiger partial charge is 0.310 e. The van der Waals surface area contributed by atoms with E-state index in [0.29, 0.717) is 37.1 Å². The standard InChI is InChI=1S/C31H38N2O5/c1-21(2)19-31(16-18-32(29(31)37)20-22-11-7-6-8-12-22)25(28(36)38-30(3,4)5)15-17-33-26(34)23-13-9-10-14-24(23)27(33)35/h6-14,21,25H,15-20H2,1-5H3. The van der Waals surface area contributed by atoms with Gasteiger partial charge in [-0.15, -0.1) is 0 Å². The quantitative estimate of drug-likeness (QED) is 0.341. The maximum atomic E-state index is 14.2. The highest BCUT2D eigenvalue weighted by molar-refractivity contribution is 6.21. The zero-order valence-corrected chi connectivity index (χ0v) is 23.0. The first kappa shape index (κ1) is 27.6. The van der Waals surface area contributed by atoms with Gasteiger partial charge in [0.15, 0.2) is 0 Å². The van der Waals surface area contributed by atoms with Crippen molar-refractivity contribution in [1.29, 1.82) is 0 Å². The van der Waals surface area contributed by atoms with Crippen LogP contribution in [0, 0.1) is 17.3 Å². The molecule has 2 unspecified atom stereocenters. The molecule has 0 saturated carbocycles. The van der Waals surface area contributed by atoms with Crippen LogP contribution >= 0.6 is 0 Å². The summed E-state index contributed by atoms with van der Waals surface area (Å²) in [4.78, 5) is 57.0. The number of hydrogen-bond donors (Lipinski definition) is 0. The van der Waals surface area contributed by atoms with Crippen molar-refractivity contribution in [3.05, 3.63) is 71.3 Å². The summed E-state index contributed by atoms with van der Waals surface area (Å²) in [6.45, 7) is 10.6. The van der Waals surface area contributed by atoms with Crippen LogP contribution in [0.1, 0.15) is 80.2 Å². The van der Waals surface area contributed by atoms with Crippen LogP contribution in [0.5, 0.6) is 0 Å². The normalized spacial score (nSPS) is 20.3. The number of fused-ring (bicyclic) bond motifs is 1. The molecule has 0 aromatic heterocycles. The molecule has 7 nitrogen and oxygen atoms in total. The van der Waals surface area contributed by atoms with Gasteiger partial charge in [-0.1, -0.05) is 56.3 Å². The third kappa shape index (κ3) is 5.52. The summed E-state index contributed by atoms with van der Waals surface area (Å²) in [5.74, 6) is -1.88. The van der Waals surface area contributed by atoms with E-state index < -0.39 is 22.9 Å². The number of hydrogen-bond acceptors (Lipinski definition) is 5. The highest BCUT2D eigenvalue weighted by Gasteiger charge is 2.55. The van der Waals surface area contributed by atoms with E-state index in [4.69, 9.17) is 4.74 Å². The Labute approximate surface area is 225 Å². The minimum absolute atomic E-state index is 0.0437. The average molecular weight is 519 g/mol. The molecule has 2 aromatic carbocycles. The van der Waals surface area contributed by atoms with Gasteiger partial charge in [-0.2, -0.15) is 0 Å². The van der Waals surface area contributed by atoms with Crippen LogP contribution in [-0.4, -0.2) is 52.2 Å². The summed E-state index contributed by atoms with van der Waals surface area (Å²) in [6.07, 6.45) is 1.20. The topological polar surface area (TPSA) is 84.0 Å². The van der Waals surface area contributed by atoms with Crippen molar-refractivity contribution in [2.45, 2.75) is 66.0 Å². The Morgan fingerprint density at radius 2 is 1.53 bits per heavy atom. The van der Waals surface area contributed by atoms with Crippen LogP contribution in [0.4, 0.5) is 0 Å². The Morgan fingerprint density at radius 3 is 2.08 bits per heavy atom. The molecular weight excluding hydrogens is 480 g/mol. The molecule has 0 radical (unpaired) electrons. The number of esters is 1. The van der Waals surface area contributed by atoms with Gasteiger partial charge in [-0.25, -0.2) is 0 Å². The number of ether oxygens (including phenoxy) is 1. The Bertz CT molecular complexity index is 1180. The van der Waals surface area contributed by atoms with Crippen molar-refractivity contribution in [3.8, 4) is 0 Å². The number of benzene rings is 2. The first-order chi connectivity index (χ1) is 17.9. The lowest BCUT2D eigenvalue weighted by atomic mass is 9.67. The zero-order valence-electron chi connectivity index (χ0n) is 23.0. The Kier molecular flexibility index (Phi) is 7.77. The monoisotopic (exact) mass is 518 g/mol. The molecule has 38 heavy (non-hydrogen) atoms. The van der Waals surface area contributed by atoms with Gasteiger partial charge in [0.05, 0.1) is 22.5 Å². The number of carbonyl (C=O) groups excluding carboxylic acids is 4. The molecular formula is C31H38N2O5. The third-order valence-corrected chi connectivity index (χ3v) is 7.41. The van der Waals surface area contributed by atoms with Crippen molar-refractivity contribution in [2.24, 2.45) is 17.3 Å². The highest BCUT2D eigenvalue weighted by atomic mass is 16.6. The number of likely N-dealkylation sites (tertiary alicyclic amines) is 1. The Balaban J connectivity index is 1.64. The average Bonchev–Trinajstić information content (AvgIpc) is 3.28. The first-order valence-corrected chi connectivity index (χ1v) is 13.4. The molecule has 1 fully saturated rings. The van der Waals surface area contributed by atoms with Gasteiger partial charge in [-0.3, -0.25) is 24.1 Å². The molecule has 0 N–H and O–H groups in total. The van der Waals surface area contributed by atoms with E-state index in [9.17, 15) is 19.2 Å². The number of nitrogens with zero attached hydrogens (tertiary/aromatic N) is 2. The lowest BCUT2D eigenvalue weighted by molar-refractivity contribution is -0.169. The van der Waals surface area contributed by atoms with Crippen molar-refractivity contribution in [2.75, 3.05) is 13.1 Å². The van der Waals surface area contributed by atoms with Crippen LogP contribution in [0.2, 0.25) is 0 Å². The second kappa shape index (κ2) is 10.7. The summed E-state index contributed by atoms with van der Waals surface area (Å²) < 4.78 is 5.85. The van der Waals surface area contributed by atoms with Gasteiger partial charge in [-0.05, 0) is 63.6 Å². The zero-order chi connectivity index (χ0) is 27.7. The summed E-state index contributed by atoms with van der Waals surface area (Å²) in [5, 5.41) is 0. The maximum Gasteiger partial charge on any atom is 0.310 e. The molecule has 2 heterocycles. The van der Waals surface area contributed by atoms with E-state index in [1.165, 1.54) is 4.90 Å². The SMILES string of the molecule is CC(C)CC1(C(CCN2C(=O)c3ccccc3C2=O)C(=O)OC(C)(C)C)CCN(Cc2ccccc2)C1=O. The van der Waals surface area contributed by atoms with Crippen molar-refractivity contribution in [1.82, 2.24) is 9.80 Å². The predicted molar refractivity (Wildman–Crippen MR) is 144 cm³/mol. The van der Waals surface area contributed by atoms with Crippen LogP contribution in [0.25, 0.3) is 0 Å². The second-order valence-corrected chi connectivity index (χ2v) is 11.9. The van der Waals surface area contributed by atoms with Crippen molar-refractivity contribution in [3.63, 3.8) is 0 Å². The number of rotatable bonds is 9. The lowest BCUT2D eigenvalue weighted by Gasteiger charge is -2.38. The van der Waals surface area contributed by atoms with Gasteiger partial charge < -0.3 is 9.64 Å². The molecule has 7 heteroatoms. The van der Waals surface area contributed by atoms with Gasteiger partial charge in [0.25, 0.3) is 11.8 Å². The van der Waals surface area contributed by atoms with Crippen LogP contribution in [-0.2, 0) is 20.9 Å². The minimum Gasteiger partial charge on any atom is -0.460 e. The number of amides is 3. The molecule has 2 aliphatic rings. The molecule has 2 atom stereocenters. The summed E-state index contributed by atoms with van der Waals surface area (Å²) in [6, 6.07) is 16.6. The van der Waals surface area contributed by atoms with Gasteiger partial charge in [0, 0.05) is 19.6 Å². The molecule has 0 aliphatic carbocycles. The first-order valence-electron chi connectivity index (χ1n) is 13.4. The van der Waals surface area contributed by atoms with Crippen LogP contribution < -0.4 is 0 Å². The van der Waals surface area contributed by atoms with E-state index in [1.54, 1.807) is 45.0 Å². The van der Waals surface area contributed by atoms with E-state index in [-0.39, 0.29) is 36.6 Å². The molecule has 1 saturated heterocycles. The molecule has 4 rings (SSSR count). The predicted octanol–water partition coefficient (Wildman–Crippen LogP) is 5.10. The lowest BCUT2D eigenvalue weighted by Crippen LogP contribution is -2.47. The Morgan fingerprint density at radius 1 is 0.947 bits per heavy atom. The molecule has 3 amide bonds. The molecule has 0 spiro atoms. The molecule has 2 aliphatic heterocycles. The highest BCUT2D eigenvalue weighted by Crippen LogP contribution is 2.47. The van der Waals surface area contributed by atoms with E-state index in [1.807, 2.05) is 49.1 Å². The number of imide groups is 1. The van der Waals surface area contributed by atoms with Gasteiger partial charge in [0.2, 0.25) is 5.91 Å². The largest absolute Gasteiger partial charge is 0.460 e. The van der Waals surface area contributed by atoms with Crippen molar-refractivity contribution < 1.29 is 23.9 Å².